The lowest BCUT2D eigenvalue weighted by molar-refractivity contribution is 0.580. The maximum absolute atomic E-state index is 13.5. The molecule has 0 unspecified atom stereocenters. The summed E-state index contributed by atoms with van der Waals surface area (Å²) in [6, 6.07) is 7.22. The Morgan fingerprint density at radius 2 is 1.85 bits per heavy atom. The fourth-order valence-electron chi connectivity index (χ4n) is 2.03. The quantitative estimate of drug-likeness (QED) is 0.927. The summed E-state index contributed by atoms with van der Waals surface area (Å²) in [4.78, 5) is 8.93. The first-order valence-corrected chi connectivity index (χ1v) is 6.79. The second-order valence-corrected chi connectivity index (χ2v) is 5.38. The van der Waals surface area contributed by atoms with Gasteiger partial charge in [-0.25, -0.2) is 14.4 Å². The Labute approximate surface area is 119 Å². The van der Waals surface area contributed by atoms with Gasteiger partial charge >= 0.3 is 0 Å². The molecule has 0 amide bonds. The number of nitrogens with one attached hydrogen (secondary N) is 1. The molecule has 3 nitrogen and oxygen atoms in total. The third-order valence-electron chi connectivity index (χ3n) is 2.90. The molecule has 1 N–H and O–H groups in total. The van der Waals surface area contributed by atoms with Gasteiger partial charge in [0.1, 0.15) is 5.82 Å². The first-order chi connectivity index (χ1) is 9.44. The average Bonchev–Trinajstić information content (AvgIpc) is 2.34. The van der Waals surface area contributed by atoms with Crippen molar-refractivity contribution in [2.24, 2.45) is 0 Å². The van der Waals surface area contributed by atoms with Crippen LogP contribution in [0.25, 0.3) is 11.4 Å². The molecular weight excluding hydrogens is 253 g/mol. The molecule has 0 aliphatic rings. The number of hydrogen-bond donors (Lipinski definition) is 1. The topological polar surface area (TPSA) is 37.8 Å². The summed E-state index contributed by atoms with van der Waals surface area (Å²) in [7, 11) is 0. The van der Waals surface area contributed by atoms with Gasteiger partial charge in [0.2, 0.25) is 0 Å². The van der Waals surface area contributed by atoms with Crippen LogP contribution in [0.2, 0.25) is 0 Å². The lowest BCUT2D eigenvalue weighted by atomic mass is 10.1. The molecule has 1 aromatic carbocycles. The van der Waals surface area contributed by atoms with Crippen LogP contribution in [0.4, 0.5) is 4.39 Å². The molecular formula is C16H20FN3. The Morgan fingerprint density at radius 1 is 1.10 bits per heavy atom. The van der Waals surface area contributed by atoms with Crippen molar-refractivity contribution in [2.75, 3.05) is 0 Å². The number of benzene rings is 1. The molecule has 0 saturated carbocycles. The van der Waals surface area contributed by atoms with Crippen LogP contribution < -0.4 is 5.32 Å². The lowest BCUT2D eigenvalue weighted by Crippen LogP contribution is -2.22. The van der Waals surface area contributed by atoms with Gasteiger partial charge in [-0.05, 0) is 43.7 Å². The van der Waals surface area contributed by atoms with Gasteiger partial charge in [0.05, 0.1) is 5.69 Å². The predicted octanol–water partition coefficient (Wildman–Crippen LogP) is 3.40. The molecule has 0 atom stereocenters. The average molecular weight is 273 g/mol. The van der Waals surface area contributed by atoms with Crippen LogP contribution in [-0.4, -0.2) is 16.0 Å². The molecule has 4 heteroatoms. The second kappa shape index (κ2) is 6.09. The van der Waals surface area contributed by atoms with E-state index in [2.05, 4.69) is 29.1 Å². The van der Waals surface area contributed by atoms with Crippen molar-refractivity contribution in [3.8, 4) is 11.4 Å². The SMILES string of the molecule is Cc1cc(F)cc(-c2nc(C)cc(CNC(C)C)n2)c1. The van der Waals surface area contributed by atoms with E-state index in [0.717, 1.165) is 22.5 Å². The van der Waals surface area contributed by atoms with Crippen molar-refractivity contribution < 1.29 is 4.39 Å². The third-order valence-corrected chi connectivity index (χ3v) is 2.90. The molecule has 0 saturated heterocycles. The van der Waals surface area contributed by atoms with Gasteiger partial charge in [-0.15, -0.1) is 0 Å². The molecule has 0 fully saturated rings. The van der Waals surface area contributed by atoms with Crippen LogP contribution >= 0.6 is 0 Å². The van der Waals surface area contributed by atoms with E-state index < -0.39 is 0 Å². The van der Waals surface area contributed by atoms with Gasteiger partial charge < -0.3 is 5.32 Å². The highest BCUT2D eigenvalue weighted by Crippen LogP contribution is 2.19. The first-order valence-electron chi connectivity index (χ1n) is 6.79. The Bertz CT molecular complexity index is 588. The zero-order chi connectivity index (χ0) is 14.7. The zero-order valence-electron chi connectivity index (χ0n) is 12.4. The van der Waals surface area contributed by atoms with E-state index in [1.165, 1.54) is 12.1 Å². The molecule has 1 heterocycles. The second-order valence-electron chi connectivity index (χ2n) is 5.38. The molecule has 2 aromatic rings. The largest absolute Gasteiger partial charge is 0.309 e. The summed E-state index contributed by atoms with van der Waals surface area (Å²) >= 11 is 0. The normalized spacial score (nSPS) is 11.1. The maximum Gasteiger partial charge on any atom is 0.159 e. The fourth-order valence-corrected chi connectivity index (χ4v) is 2.03. The highest BCUT2D eigenvalue weighted by atomic mass is 19.1. The minimum Gasteiger partial charge on any atom is -0.309 e. The van der Waals surface area contributed by atoms with E-state index in [0.29, 0.717) is 18.4 Å². The molecule has 106 valence electrons. The van der Waals surface area contributed by atoms with Crippen molar-refractivity contribution in [3.63, 3.8) is 0 Å². The molecule has 0 aliphatic heterocycles. The summed E-state index contributed by atoms with van der Waals surface area (Å²) in [5.74, 6) is 0.320. The predicted molar refractivity (Wildman–Crippen MR) is 78.9 cm³/mol. The van der Waals surface area contributed by atoms with Gasteiger partial charge in [-0.1, -0.05) is 13.8 Å². The summed E-state index contributed by atoms with van der Waals surface area (Å²) < 4.78 is 13.5. The Hall–Kier alpha value is -1.81. The van der Waals surface area contributed by atoms with E-state index in [-0.39, 0.29) is 5.82 Å². The molecule has 1 aromatic heterocycles. The van der Waals surface area contributed by atoms with Gasteiger partial charge in [0.25, 0.3) is 0 Å². The maximum atomic E-state index is 13.5. The van der Waals surface area contributed by atoms with Crippen molar-refractivity contribution >= 4 is 0 Å². The Morgan fingerprint density at radius 3 is 2.50 bits per heavy atom. The number of hydrogen-bond acceptors (Lipinski definition) is 3. The van der Waals surface area contributed by atoms with Crippen molar-refractivity contribution in [1.82, 2.24) is 15.3 Å². The summed E-state index contributed by atoms with van der Waals surface area (Å²) in [6.45, 7) is 8.65. The van der Waals surface area contributed by atoms with Gasteiger partial charge in [0, 0.05) is 23.8 Å². The van der Waals surface area contributed by atoms with Crippen LogP contribution in [-0.2, 0) is 6.54 Å². The van der Waals surface area contributed by atoms with Gasteiger partial charge in [0.15, 0.2) is 5.82 Å². The van der Waals surface area contributed by atoms with E-state index in [1.54, 1.807) is 0 Å². The Kier molecular flexibility index (Phi) is 4.45. The lowest BCUT2D eigenvalue weighted by Gasteiger charge is -2.10. The smallest absolute Gasteiger partial charge is 0.159 e. The van der Waals surface area contributed by atoms with Gasteiger partial charge in [-0.3, -0.25) is 0 Å². The van der Waals surface area contributed by atoms with E-state index in [9.17, 15) is 4.39 Å². The van der Waals surface area contributed by atoms with Crippen LogP contribution in [0.1, 0.15) is 30.8 Å². The fraction of sp³-hybridized carbons (Fsp3) is 0.375. The number of nitrogens with zero attached hydrogens (tertiary/aromatic N) is 2. The zero-order valence-corrected chi connectivity index (χ0v) is 12.4. The summed E-state index contributed by atoms with van der Waals surface area (Å²) in [5.41, 5.74) is 3.39. The summed E-state index contributed by atoms with van der Waals surface area (Å²) in [6.07, 6.45) is 0. The minimum atomic E-state index is -0.257. The number of rotatable bonds is 4. The molecule has 0 radical (unpaired) electrons. The molecule has 0 bridgehead atoms. The van der Waals surface area contributed by atoms with Crippen LogP contribution in [0.3, 0.4) is 0 Å². The number of aryl methyl sites for hydroxylation is 2. The van der Waals surface area contributed by atoms with Crippen molar-refractivity contribution in [3.05, 3.63) is 47.0 Å². The molecule has 20 heavy (non-hydrogen) atoms. The monoisotopic (exact) mass is 273 g/mol. The van der Waals surface area contributed by atoms with Crippen LogP contribution in [0.5, 0.6) is 0 Å². The molecule has 0 aliphatic carbocycles. The molecule has 2 rings (SSSR count). The highest BCUT2D eigenvalue weighted by Gasteiger charge is 2.07. The third kappa shape index (κ3) is 3.84. The molecule has 0 spiro atoms. The summed E-state index contributed by atoms with van der Waals surface area (Å²) in [5, 5.41) is 3.33. The van der Waals surface area contributed by atoms with Crippen molar-refractivity contribution in [2.45, 2.75) is 40.3 Å². The van der Waals surface area contributed by atoms with Crippen molar-refractivity contribution in [1.29, 1.82) is 0 Å². The Balaban J connectivity index is 2.36. The number of aromatic nitrogens is 2. The van der Waals surface area contributed by atoms with E-state index in [1.807, 2.05) is 26.0 Å². The van der Waals surface area contributed by atoms with E-state index >= 15 is 0 Å². The van der Waals surface area contributed by atoms with E-state index in [4.69, 9.17) is 0 Å². The highest BCUT2D eigenvalue weighted by molar-refractivity contribution is 5.56. The number of halogens is 1. The minimum absolute atomic E-state index is 0.257. The first kappa shape index (κ1) is 14.6. The van der Waals surface area contributed by atoms with Gasteiger partial charge in [-0.2, -0.15) is 0 Å². The standard InChI is InChI=1S/C16H20FN3/c1-10(2)18-9-15-7-12(4)19-16(20-15)13-5-11(3)6-14(17)8-13/h5-8,10,18H,9H2,1-4H3. The van der Waals surface area contributed by atoms with Crippen LogP contribution in [0.15, 0.2) is 24.3 Å². The van der Waals surface area contributed by atoms with Crippen LogP contribution in [0, 0.1) is 19.7 Å².